The average Bonchev–Trinajstić information content (AvgIpc) is 2.30. The lowest BCUT2D eigenvalue weighted by Gasteiger charge is -2.01. The van der Waals surface area contributed by atoms with Crippen LogP contribution in [-0.2, 0) is 0 Å². The second kappa shape index (κ2) is 4.99. The molecule has 0 saturated carbocycles. The molecular formula is C14H13Cl. The summed E-state index contributed by atoms with van der Waals surface area (Å²) in [6, 6.07) is 14.8. The predicted octanol–water partition coefficient (Wildman–Crippen LogP) is 4.48. The molecule has 0 saturated heterocycles. The summed E-state index contributed by atoms with van der Waals surface area (Å²) in [6.07, 6.45) is 5.18. The molecule has 0 N–H and O–H groups in total. The monoisotopic (exact) mass is 216 g/mol. The molecule has 0 fully saturated rings. The van der Waals surface area contributed by atoms with Gasteiger partial charge in [0.05, 0.1) is 0 Å². The van der Waals surface area contributed by atoms with Gasteiger partial charge in [-0.15, -0.1) is 11.6 Å². The first-order valence-electron chi connectivity index (χ1n) is 5.12. The standard InChI is InChI=1S/C14H13Cl/c15-11-4-3-7-13-9-5-8-12-6-1-2-10-14(12)13/h1-3,5-10H,4,11H2. The van der Waals surface area contributed by atoms with Crippen molar-refractivity contribution in [1.29, 1.82) is 0 Å². The van der Waals surface area contributed by atoms with Crippen molar-refractivity contribution in [2.24, 2.45) is 0 Å². The molecule has 1 heteroatoms. The number of hydrogen-bond donors (Lipinski definition) is 0. The van der Waals surface area contributed by atoms with Crippen molar-refractivity contribution in [3.63, 3.8) is 0 Å². The van der Waals surface area contributed by atoms with Gasteiger partial charge in [-0.05, 0) is 22.8 Å². The highest BCUT2D eigenvalue weighted by atomic mass is 35.5. The maximum atomic E-state index is 5.63. The number of rotatable bonds is 3. The molecule has 15 heavy (non-hydrogen) atoms. The number of allylic oxidation sites excluding steroid dienone is 1. The Labute approximate surface area is 95.2 Å². The lowest BCUT2D eigenvalue weighted by Crippen LogP contribution is -1.77. The van der Waals surface area contributed by atoms with E-state index < -0.39 is 0 Å². The highest BCUT2D eigenvalue weighted by Crippen LogP contribution is 2.19. The van der Waals surface area contributed by atoms with E-state index in [1.807, 2.05) is 0 Å². The molecule has 2 aromatic rings. The van der Waals surface area contributed by atoms with Gasteiger partial charge in [0, 0.05) is 5.88 Å². The summed E-state index contributed by atoms with van der Waals surface area (Å²) in [4.78, 5) is 0. The van der Waals surface area contributed by atoms with Gasteiger partial charge in [-0.2, -0.15) is 0 Å². The maximum absolute atomic E-state index is 5.63. The highest BCUT2D eigenvalue weighted by molar-refractivity contribution is 6.17. The Morgan fingerprint density at radius 1 is 1.00 bits per heavy atom. The molecule has 0 radical (unpaired) electrons. The lowest BCUT2D eigenvalue weighted by molar-refractivity contribution is 1.24. The van der Waals surface area contributed by atoms with Gasteiger partial charge in [0.15, 0.2) is 0 Å². The quantitative estimate of drug-likeness (QED) is 0.664. The van der Waals surface area contributed by atoms with E-state index in [1.54, 1.807) is 0 Å². The molecule has 0 bridgehead atoms. The smallest absolute Gasteiger partial charge is 0.0258 e. The fraction of sp³-hybridized carbons (Fsp3) is 0.143. The third-order valence-electron chi connectivity index (χ3n) is 2.40. The number of fused-ring (bicyclic) bond motifs is 1. The molecular weight excluding hydrogens is 204 g/mol. The molecule has 0 unspecified atom stereocenters. The largest absolute Gasteiger partial charge is 0.126 e. The Bertz CT molecular complexity index is 466. The molecule has 0 nitrogen and oxygen atoms in total. The summed E-state index contributed by atoms with van der Waals surface area (Å²) in [7, 11) is 0. The summed E-state index contributed by atoms with van der Waals surface area (Å²) in [6.45, 7) is 0. The molecule has 0 aliphatic carbocycles. The Morgan fingerprint density at radius 3 is 2.67 bits per heavy atom. The van der Waals surface area contributed by atoms with Crippen LogP contribution in [0.4, 0.5) is 0 Å². The zero-order valence-electron chi connectivity index (χ0n) is 8.49. The molecule has 0 heterocycles. The van der Waals surface area contributed by atoms with Gasteiger partial charge in [-0.25, -0.2) is 0 Å². The average molecular weight is 217 g/mol. The van der Waals surface area contributed by atoms with Crippen molar-refractivity contribution < 1.29 is 0 Å². The van der Waals surface area contributed by atoms with Crippen LogP contribution in [-0.4, -0.2) is 5.88 Å². The van der Waals surface area contributed by atoms with Crippen molar-refractivity contribution in [3.05, 3.63) is 54.1 Å². The van der Waals surface area contributed by atoms with Gasteiger partial charge >= 0.3 is 0 Å². The Balaban J connectivity index is 2.42. The van der Waals surface area contributed by atoms with Crippen molar-refractivity contribution >= 4 is 28.4 Å². The van der Waals surface area contributed by atoms with Gasteiger partial charge in [-0.1, -0.05) is 54.6 Å². The van der Waals surface area contributed by atoms with E-state index >= 15 is 0 Å². The summed E-state index contributed by atoms with van der Waals surface area (Å²) in [5, 5.41) is 2.58. The minimum Gasteiger partial charge on any atom is -0.126 e. The van der Waals surface area contributed by atoms with Gasteiger partial charge < -0.3 is 0 Å². The van der Waals surface area contributed by atoms with Crippen molar-refractivity contribution in [2.45, 2.75) is 6.42 Å². The van der Waals surface area contributed by atoms with Gasteiger partial charge in [0.25, 0.3) is 0 Å². The first-order valence-corrected chi connectivity index (χ1v) is 5.65. The SMILES string of the molecule is ClCCC=Cc1cccc2ccccc12. The minimum absolute atomic E-state index is 0.682. The van der Waals surface area contributed by atoms with Crippen LogP contribution in [0.2, 0.25) is 0 Å². The molecule has 0 atom stereocenters. The number of benzene rings is 2. The molecule has 0 spiro atoms. The first-order chi connectivity index (χ1) is 7.42. The summed E-state index contributed by atoms with van der Waals surface area (Å²) >= 11 is 5.63. The molecule has 0 aliphatic rings. The third-order valence-corrected chi connectivity index (χ3v) is 2.61. The van der Waals surface area contributed by atoms with Crippen molar-refractivity contribution in [2.75, 3.05) is 5.88 Å². The van der Waals surface area contributed by atoms with E-state index in [0.29, 0.717) is 5.88 Å². The third kappa shape index (κ3) is 2.40. The minimum atomic E-state index is 0.682. The second-order valence-corrected chi connectivity index (χ2v) is 3.83. The van der Waals surface area contributed by atoms with Gasteiger partial charge in [0.2, 0.25) is 0 Å². The van der Waals surface area contributed by atoms with Crippen molar-refractivity contribution in [3.8, 4) is 0 Å². The van der Waals surface area contributed by atoms with Crippen LogP contribution < -0.4 is 0 Å². The predicted molar refractivity (Wildman–Crippen MR) is 68.3 cm³/mol. The molecule has 0 amide bonds. The lowest BCUT2D eigenvalue weighted by atomic mass is 10.0. The Hall–Kier alpha value is -1.27. The van der Waals surface area contributed by atoms with E-state index in [2.05, 4.69) is 54.6 Å². The van der Waals surface area contributed by atoms with Gasteiger partial charge in [-0.3, -0.25) is 0 Å². The van der Waals surface area contributed by atoms with Crippen LogP contribution in [0.15, 0.2) is 48.5 Å². The summed E-state index contributed by atoms with van der Waals surface area (Å²) < 4.78 is 0. The van der Waals surface area contributed by atoms with Crippen LogP contribution in [0.1, 0.15) is 12.0 Å². The van der Waals surface area contributed by atoms with Crippen molar-refractivity contribution in [1.82, 2.24) is 0 Å². The Kier molecular flexibility index (Phi) is 3.41. The highest BCUT2D eigenvalue weighted by Gasteiger charge is 1.95. The topological polar surface area (TPSA) is 0 Å². The number of hydrogen-bond acceptors (Lipinski definition) is 0. The summed E-state index contributed by atoms with van der Waals surface area (Å²) in [5.41, 5.74) is 1.26. The van der Waals surface area contributed by atoms with Crippen LogP contribution in [0, 0.1) is 0 Å². The Morgan fingerprint density at radius 2 is 1.80 bits per heavy atom. The van der Waals surface area contributed by atoms with Crippen LogP contribution >= 0.6 is 11.6 Å². The molecule has 76 valence electrons. The van der Waals surface area contributed by atoms with Crippen LogP contribution in [0.5, 0.6) is 0 Å². The van der Waals surface area contributed by atoms with Gasteiger partial charge in [0.1, 0.15) is 0 Å². The zero-order chi connectivity index (χ0) is 10.5. The fourth-order valence-corrected chi connectivity index (χ4v) is 1.80. The second-order valence-electron chi connectivity index (χ2n) is 3.45. The molecule has 2 aromatic carbocycles. The van der Waals surface area contributed by atoms with E-state index in [9.17, 15) is 0 Å². The number of alkyl halides is 1. The summed E-state index contributed by atoms with van der Waals surface area (Å²) in [5.74, 6) is 0.682. The molecule has 2 rings (SSSR count). The molecule has 0 aliphatic heterocycles. The molecule has 0 aromatic heterocycles. The zero-order valence-corrected chi connectivity index (χ0v) is 9.24. The van der Waals surface area contributed by atoms with Crippen LogP contribution in [0.25, 0.3) is 16.8 Å². The van der Waals surface area contributed by atoms with E-state index in [1.165, 1.54) is 16.3 Å². The normalized spacial score (nSPS) is 11.3. The van der Waals surface area contributed by atoms with Crippen LogP contribution in [0.3, 0.4) is 0 Å². The number of halogens is 1. The van der Waals surface area contributed by atoms with E-state index in [0.717, 1.165) is 6.42 Å². The van der Waals surface area contributed by atoms with E-state index in [-0.39, 0.29) is 0 Å². The first kappa shape index (κ1) is 10.3. The maximum Gasteiger partial charge on any atom is 0.0258 e. The van der Waals surface area contributed by atoms with E-state index in [4.69, 9.17) is 11.6 Å². The fourth-order valence-electron chi connectivity index (χ4n) is 1.67.